The normalized spacial score (nSPS) is 24.2. The summed E-state index contributed by atoms with van der Waals surface area (Å²) in [6, 6.07) is 20.4. The van der Waals surface area contributed by atoms with Gasteiger partial charge < -0.3 is 14.6 Å². The van der Waals surface area contributed by atoms with Gasteiger partial charge >= 0.3 is 0 Å². The van der Waals surface area contributed by atoms with Crippen LogP contribution in [0.4, 0.5) is 0 Å². The van der Waals surface area contributed by atoms with Gasteiger partial charge in [-0.1, -0.05) is 81.4 Å². The van der Waals surface area contributed by atoms with Crippen LogP contribution in [0.5, 0.6) is 0 Å². The van der Waals surface area contributed by atoms with Gasteiger partial charge in [-0.15, -0.1) is 0 Å². The summed E-state index contributed by atoms with van der Waals surface area (Å²) in [5, 5.41) is 24.2. The highest BCUT2D eigenvalue weighted by atomic mass is 28.4. The van der Waals surface area contributed by atoms with Gasteiger partial charge in [-0.25, -0.2) is 5.06 Å². The molecular formula is C25H35NO5Si. The number of rotatable bonds is 6. The van der Waals surface area contributed by atoms with E-state index in [2.05, 4.69) is 45.0 Å². The molecule has 0 saturated heterocycles. The fourth-order valence-corrected chi connectivity index (χ4v) is 9.53. The van der Waals surface area contributed by atoms with Crippen molar-refractivity contribution in [2.45, 2.75) is 57.0 Å². The second-order valence-electron chi connectivity index (χ2n) is 9.50. The molecule has 7 heteroatoms. The number of carbonyl (C=O) groups excluding carboxylic acids is 1. The Balaban J connectivity index is 2.16. The molecule has 0 aliphatic heterocycles. The van der Waals surface area contributed by atoms with Crippen LogP contribution in [0.25, 0.3) is 0 Å². The molecule has 0 bridgehead atoms. The van der Waals surface area contributed by atoms with Gasteiger partial charge in [-0.2, -0.15) is 0 Å². The molecule has 1 aliphatic carbocycles. The molecule has 2 aromatic rings. The fourth-order valence-electron chi connectivity index (χ4n) is 4.80. The third-order valence-corrected chi connectivity index (χ3v) is 11.6. The summed E-state index contributed by atoms with van der Waals surface area (Å²) >= 11 is 0. The number of aliphatic hydroxyl groups is 2. The van der Waals surface area contributed by atoms with Crippen LogP contribution < -0.4 is 10.4 Å². The van der Waals surface area contributed by atoms with Gasteiger partial charge in [0.15, 0.2) is 0 Å². The van der Waals surface area contributed by atoms with Crippen molar-refractivity contribution in [1.82, 2.24) is 5.06 Å². The van der Waals surface area contributed by atoms with Crippen molar-refractivity contribution in [3.63, 3.8) is 0 Å². The van der Waals surface area contributed by atoms with Gasteiger partial charge in [0.05, 0.1) is 31.3 Å². The fraction of sp³-hybridized carbons (Fsp3) is 0.480. The SMILES string of the molecule is CON(C)C(=O)[C@H]1[C@H](O)[C@H](O)CC[C@H]1O[Si](c1ccccc1)(c1ccccc1)C(C)(C)C. The Morgan fingerprint density at radius 2 is 1.47 bits per heavy atom. The highest BCUT2D eigenvalue weighted by Crippen LogP contribution is 2.40. The third kappa shape index (κ3) is 4.54. The van der Waals surface area contributed by atoms with Crippen LogP contribution in [-0.2, 0) is 14.1 Å². The second-order valence-corrected chi connectivity index (χ2v) is 13.8. The maximum Gasteiger partial charge on any atom is 0.261 e. The molecule has 0 heterocycles. The van der Waals surface area contributed by atoms with E-state index in [1.165, 1.54) is 14.2 Å². The van der Waals surface area contributed by atoms with Crippen LogP contribution in [0.3, 0.4) is 0 Å². The van der Waals surface area contributed by atoms with Crippen molar-refractivity contribution in [2.24, 2.45) is 5.92 Å². The molecule has 6 nitrogen and oxygen atoms in total. The monoisotopic (exact) mass is 457 g/mol. The third-order valence-electron chi connectivity index (χ3n) is 6.52. The summed E-state index contributed by atoms with van der Waals surface area (Å²) in [6.45, 7) is 6.52. The van der Waals surface area contributed by atoms with E-state index >= 15 is 0 Å². The highest BCUT2D eigenvalue weighted by molar-refractivity contribution is 6.99. The van der Waals surface area contributed by atoms with Crippen LogP contribution in [0, 0.1) is 5.92 Å². The number of carbonyl (C=O) groups is 1. The lowest BCUT2D eigenvalue weighted by Crippen LogP contribution is -2.69. The van der Waals surface area contributed by atoms with Crippen LogP contribution >= 0.6 is 0 Å². The number of aliphatic hydroxyl groups excluding tert-OH is 2. The first-order chi connectivity index (χ1) is 15.1. The molecule has 2 N–H and O–H groups in total. The van der Waals surface area contributed by atoms with Crippen molar-refractivity contribution in [3.05, 3.63) is 60.7 Å². The van der Waals surface area contributed by atoms with Gasteiger partial charge in [-0.3, -0.25) is 9.63 Å². The molecule has 0 unspecified atom stereocenters. The van der Waals surface area contributed by atoms with Crippen molar-refractivity contribution >= 4 is 24.6 Å². The van der Waals surface area contributed by atoms with E-state index in [1.807, 2.05) is 36.4 Å². The standard InChI is InChI=1S/C25H35NO5Si/c1-25(2,3)32(18-12-8-6-9-13-18,19-14-10-7-11-15-19)31-21-17-16-20(27)23(28)22(21)24(29)26(4)30-5/h6-15,20-23,27-28H,16-17H2,1-5H3/t20-,21-,22-,23-/m1/s1. The maximum absolute atomic E-state index is 13.2. The molecule has 0 radical (unpaired) electrons. The summed E-state index contributed by atoms with van der Waals surface area (Å²) in [6.07, 6.45) is -1.93. The van der Waals surface area contributed by atoms with E-state index in [1.54, 1.807) is 0 Å². The number of benzene rings is 2. The molecule has 2 aromatic carbocycles. The second kappa shape index (κ2) is 9.85. The van der Waals surface area contributed by atoms with Gasteiger partial charge in [0.1, 0.15) is 0 Å². The van der Waals surface area contributed by atoms with E-state index in [4.69, 9.17) is 9.26 Å². The van der Waals surface area contributed by atoms with Crippen molar-refractivity contribution in [1.29, 1.82) is 0 Å². The predicted molar refractivity (Wildman–Crippen MR) is 127 cm³/mol. The lowest BCUT2D eigenvalue weighted by Gasteiger charge is -2.48. The van der Waals surface area contributed by atoms with Crippen LogP contribution in [0.2, 0.25) is 5.04 Å². The zero-order chi connectivity index (χ0) is 23.5. The minimum Gasteiger partial charge on any atom is -0.404 e. The van der Waals surface area contributed by atoms with E-state index in [-0.39, 0.29) is 5.04 Å². The van der Waals surface area contributed by atoms with E-state index in [9.17, 15) is 15.0 Å². The number of hydrogen-bond acceptors (Lipinski definition) is 5. The van der Waals surface area contributed by atoms with Crippen LogP contribution in [0.1, 0.15) is 33.6 Å². The number of hydroxylamine groups is 2. The topological polar surface area (TPSA) is 79.2 Å². The summed E-state index contributed by atoms with van der Waals surface area (Å²) in [5.74, 6) is -1.33. The zero-order valence-electron chi connectivity index (χ0n) is 19.6. The van der Waals surface area contributed by atoms with E-state index in [0.29, 0.717) is 12.8 Å². The molecule has 1 fully saturated rings. The largest absolute Gasteiger partial charge is 0.404 e. The van der Waals surface area contributed by atoms with E-state index in [0.717, 1.165) is 15.4 Å². The molecule has 1 amide bonds. The van der Waals surface area contributed by atoms with Gasteiger partial charge in [-0.05, 0) is 28.3 Å². The lowest BCUT2D eigenvalue weighted by atomic mass is 9.81. The predicted octanol–water partition coefficient (Wildman–Crippen LogP) is 2.08. The first-order valence-corrected chi connectivity index (χ1v) is 13.0. The summed E-state index contributed by atoms with van der Waals surface area (Å²) in [5.41, 5.74) is 0. The van der Waals surface area contributed by atoms with Gasteiger partial charge in [0.2, 0.25) is 0 Å². The lowest BCUT2D eigenvalue weighted by molar-refractivity contribution is -0.189. The Labute approximate surface area is 191 Å². The molecule has 0 spiro atoms. The molecule has 0 aromatic heterocycles. The maximum atomic E-state index is 13.2. The summed E-state index contributed by atoms with van der Waals surface area (Å²) in [7, 11) is -0.0111. The Morgan fingerprint density at radius 3 is 1.91 bits per heavy atom. The highest BCUT2D eigenvalue weighted by Gasteiger charge is 2.55. The first kappa shape index (κ1) is 24.6. The molecule has 4 atom stereocenters. The Hall–Kier alpha value is -2.03. The first-order valence-electron chi connectivity index (χ1n) is 11.1. The average molecular weight is 458 g/mol. The molecule has 32 heavy (non-hydrogen) atoms. The Bertz CT molecular complexity index is 847. The minimum absolute atomic E-state index is 0.266. The molecule has 174 valence electrons. The average Bonchev–Trinajstić information content (AvgIpc) is 2.79. The molecule has 1 aliphatic rings. The van der Waals surface area contributed by atoms with Crippen LogP contribution in [-0.4, -0.2) is 62.0 Å². The quantitative estimate of drug-likeness (QED) is 0.513. The Morgan fingerprint density at radius 1 is 0.969 bits per heavy atom. The summed E-state index contributed by atoms with van der Waals surface area (Å²) in [4.78, 5) is 18.3. The number of amides is 1. The van der Waals surface area contributed by atoms with Gasteiger partial charge in [0, 0.05) is 7.05 Å². The van der Waals surface area contributed by atoms with Crippen molar-refractivity contribution < 1.29 is 24.3 Å². The minimum atomic E-state index is -2.93. The summed E-state index contributed by atoms with van der Waals surface area (Å²) < 4.78 is 7.13. The van der Waals surface area contributed by atoms with Crippen molar-refractivity contribution in [3.8, 4) is 0 Å². The van der Waals surface area contributed by atoms with Crippen molar-refractivity contribution in [2.75, 3.05) is 14.2 Å². The van der Waals surface area contributed by atoms with E-state index < -0.39 is 38.5 Å². The van der Waals surface area contributed by atoms with Crippen LogP contribution in [0.15, 0.2) is 60.7 Å². The molecule has 1 saturated carbocycles. The number of hydrogen-bond donors (Lipinski definition) is 2. The smallest absolute Gasteiger partial charge is 0.261 e. The Kier molecular flexibility index (Phi) is 7.57. The molecule has 3 rings (SSSR count). The zero-order valence-corrected chi connectivity index (χ0v) is 20.6. The van der Waals surface area contributed by atoms with Gasteiger partial charge in [0.25, 0.3) is 14.2 Å². The number of nitrogens with zero attached hydrogens (tertiary/aromatic N) is 1. The molecular weight excluding hydrogens is 422 g/mol.